The molecule has 1 N–H and O–H groups in total. The third-order valence-electron chi connectivity index (χ3n) is 4.97. The van der Waals surface area contributed by atoms with Crippen LogP contribution >= 0.6 is 0 Å². The van der Waals surface area contributed by atoms with Gasteiger partial charge in [0.25, 0.3) is 11.8 Å². The second-order valence-electron chi connectivity index (χ2n) is 6.91. The van der Waals surface area contributed by atoms with Crippen LogP contribution in [0.4, 0.5) is 14.5 Å². The van der Waals surface area contributed by atoms with Gasteiger partial charge in [-0.25, -0.2) is 23.7 Å². The van der Waals surface area contributed by atoms with Crippen molar-refractivity contribution in [3.63, 3.8) is 0 Å². The first-order chi connectivity index (χ1) is 14.5. The van der Waals surface area contributed by atoms with Crippen molar-refractivity contribution in [1.82, 2.24) is 24.4 Å². The number of hydrogen-bond acceptors (Lipinski definition) is 5. The second-order valence-corrected chi connectivity index (χ2v) is 6.91. The fraction of sp³-hybridized carbons (Fsp3) is 0.250. The van der Waals surface area contributed by atoms with Gasteiger partial charge < -0.3 is 14.8 Å². The quantitative estimate of drug-likeness (QED) is 0.695. The van der Waals surface area contributed by atoms with Crippen LogP contribution in [0.2, 0.25) is 0 Å². The lowest BCUT2D eigenvalue weighted by Gasteiger charge is -2.25. The van der Waals surface area contributed by atoms with Crippen LogP contribution in [-0.4, -0.2) is 48.8 Å². The first kappa shape index (κ1) is 19.6. The van der Waals surface area contributed by atoms with Gasteiger partial charge in [0.15, 0.2) is 0 Å². The number of imidazole rings is 1. The first-order valence-corrected chi connectivity index (χ1v) is 9.36. The summed E-state index contributed by atoms with van der Waals surface area (Å²) in [4.78, 5) is 38.3. The summed E-state index contributed by atoms with van der Waals surface area (Å²) in [7, 11) is 0. The van der Waals surface area contributed by atoms with E-state index in [0.717, 1.165) is 18.9 Å². The number of amides is 2. The summed E-state index contributed by atoms with van der Waals surface area (Å²) in [5.74, 6) is -3.21. The van der Waals surface area contributed by atoms with E-state index in [9.17, 15) is 18.4 Å². The van der Waals surface area contributed by atoms with Gasteiger partial charge in [0.1, 0.15) is 23.7 Å². The van der Waals surface area contributed by atoms with E-state index in [0.29, 0.717) is 19.2 Å². The van der Waals surface area contributed by atoms with E-state index in [1.54, 1.807) is 23.6 Å². The number of carbonyl (C=O) groups excluding carboxylic acids is 2. The van der Waals surface area contributed by atoms with Crippen LogP contribution in [0.1, 0.15) is 33.7 Å². The zero-order valence-electron chi connectivity index (χ0n) is 15.8. The Kier molecular flexibility index (Phi) is 5.46. The predicted molar refractivity (Wildman–Crippen MR) is 103 cm³/mol. The van der Waals surface area contributed by atoms with Crippen molar-refractivity contribution < 1.29 is 18.4 Å². The number of halogens is 2. The van der Waals surface area contributed by atoms with Crippen molar-refractivity contribution in [3.8, 4) is 0 Å². The standard InChI is InChI=1S/C20H18F2N6O2/c21-15-9-16(22)18(26-19(29)17-3-4-23-11-25-17)8-14(15)20(30)28-6-1-2-13(28)10-27-7-5-24-12-27/h3-5,7-9,11-13H,1-2,6,10H2,(H,26,29). The molecule has 1 atom stereocenters. The zero-order valence-corrected chi connectivity index (χ0v) is 15.8. The summed E-state index contributed by atoms with van der Waals surface area (Å²) < 4.78 is 30.6. The van der Waals surface area contributed by atoms with Gasteiger partial charge in [-0.2, -0.15) is 0 Å². The van der Waals surface area contributed by atoms with Crippen molar-refractivity contribution in [1.29, 1.82) is 0 Å². The Morgan fingerprint density at radius 1 is 1.17 bits per heavy atom. The molecule has 0 radical (unpaired) electrons. The van der Waals surface area contributed by atoms with Crippen molar-refractivity contribution in [2.24, 2.45) is 0 Å². The minimum absolute atomic E-state index is 0.0153. The normalized spacial score (nSPS) is 15.9. The second kappa shape index (κ2) is 8.36. The van der Waals surface area contributed by atoms with E-state index in [4.69, 9.17) is 0 Å². The maximum atomic E-state index is 14.5. The molecule has 3 aromatic rings. The molecular formula is C20H18F2N6O2. The van der Waals surface area contributed by atoms with E-state index in [1.807, 2.05) is 4.57 Å². The van der Waals surface area contributed by atoms with Crippen LogP contribution < -0.4 is 5.32 Å². The molecule has 8 nitrogen and oxygen atoms in total. The zero-order chi connectivity index (χ0) is 21.1. The average molecular weight is 412 g/mol. The molecule has 4 rings (SSSR count). The monoisotopic (exact) mass is 412 g/mol. The molecule has 2 aromatic heterocycles. The molecule has 1 saturated heterocycles. The number of likely N-dealkylation sites (tertiary alicyclic amines) is 1. The van der Waals surface area contributed by atoms with Crippen molar-refractivity contribution in [2.45, 2.75) is 25.4 Å². The maximum absolute atomic E-state index is 14.5. The van der Waals surface area contributed by atoms with Crippen LogP contribution in [-0.2, 0) is 6.54 Å². The lowest BCUT2D eigenvalue weighted by atomic mass is 10.1. The lowest BCUT2D eigenvalue weighted by molar-refractivity contribution is 0.0719. The van der Waals surface area contributed by atoms with Crippen LogP contribution in [0.5, 0.6) is 0 Å². The Hall–Kier alpha value is -3.69. The van der Waals surface area contributed by atoms with Crippen molar-refractivity contribution >= 4 is 17.5 Å². The molecule has 1 unspecified atom stereocenters. The number of hydrogen-bond donors (Lipinski definition) is 1. The third kappa shape index (κ3) is 4.02. The number of benzene rings is 1. The Balaban J connectivity index is 1.56. The highest BCUT2D eigenvalue weighted by Gasteiger charge is 2.31. The number of anilines is 1. The van der Waals surface area contributed by atoms with Crippen LogP contribution in [0.25, 0.3) is 0 Å². The summed E-state index contributed by atoms with van der Waals surface area (Å²) >= 11 is 0. The number of nitrogens with one attached hydrogen (secondary N) is 1. The average Bonchev–Trinajstić information content (AvgIpc) is 3.42. The molecule has 1 aliphatic heterocycles. The molecule has 154 valence electrons. The molecule has 1 fully saturated rings. The molecule has 1 aromatic carbocycles. The van der Waals surface area contributed by atoms with E-state index < -0.39 is 23.4 Å². The maximum Gasteiger partial charge on any atom is 0.274 e. The molecule has 0 bridgehead atoms. The molecule has 3 heterocycles. The summed E-state index contributed by atoms with van der Waals surface area (Å²) in [6.45, 7) is 1.00. The molecule has 30 heavy (non-hydrogen) atoms. The van der Waals surface area contributed by atoms with Gasteiger partial charge in [0, 0.05) is 43.8 Å². The highest BCUT2D eigenvalue weighted by molar-refractivity contribution is 6.04. The van der Waals surface area contributed by atoms with Crippen LogP contribution in [0.15, 0.2) is 49.4 Å². The molecule has 10 heteroatoms. The Labute approximate surface area is 170 Å². The fourth-order valence-electron chi connectivity index (χ4n) is 3.51. The molecule has 1 aliphatic rings. The number of aromatic nitrogens is 4. The number of rotatable bonds is 5. The number of carbonyl (C=O) groups is 2. The minimum atomic E-state index is -0.983. The fourth-order valence-corrected chi connectivity index (χ4v) is 3.51. The Morgan fingerprint density at radius 3 is 2.77 bits per heavy atom. The van der Waals surface area contributed by atoms with E-state index in [1.165, 1.54) is 18.6 Å². The topological polar surface area (TPSA) is 93.0 Å². The molecule has 0 spiro atoms. The molecule has 0 saturated carbocycles. The van der Waals surface area contributed by atoms with Gasteiger partial charge in [-0.05, 0) is 25.0 Å². The smallest absolute Gasteiger partial charge is 0.274 e. The van der Waals surface area contributed by atoms with Gasteiger partial charge >= 0.3 is 0 Å². The van der Waals surface area contributed by atoms with Crippen LogP contribution in [0, 0.1) is 11.6 Å². The molecule has 2 amide bonds. The van der Waals surface area contributed by atoms with Gasteiger partial charge in [-0.3, -0.25) is 9.59 Å². The summed E-state index contributed by atoms with van der Waals surface area (Å²) in [6, 6.07) is 2.85. The van der Waals surface area contributed by atoms with Gasteiger partial charge in [0.05, 0.1) is 17.6 Å². The summed E-state index contributed by atoms with van der Waals surface area (Å²) in [5, 5.41) is 2.33. The molecular weight excluding hydrogens is 394 g/mol. The van der Waals surface area contributed by atoms with E-state index >= 15 is 0 Å². The third-order valence-corrected chi connectivity index (χ3v) is 4.97. The van der Waals surface area contributed by atoms with E-state index in [-0.39, 0.29) is 23.0 Å². The SMILES string of the molecule is O=C(Nc1cc(C(=O)N2CCCC2Cn2ccnc2)c(F)cc1F)c1ccncn1. The van der Waals surface area contributed by atoms with E-state index in [2.05, 4.69) is 20.3 Å². The summed E-state index contributed by atoms with van der Waals surface area (Å²) in [5.41, 5.74) is -0.581. The van der Waals surface area contributed by atoms with Crippen molar-refractivity contribution in [3.05, 3.63) is 72.3 Å². The summed E-state index contributed by atoms with van der Waals surface area (Å²) in [6.07, 6.45) is 9.19. The van der Waals surface area contributed by atoms with Crippen molar-refractivity contribution in [2.75, 3.05) is 11.9 Å². The number of nitrogens with zero attached hydrogens (tertiary/aromatic N) is 5. The van der Waals surface area contributed by atoms with Gasteiger partial charge in [-0.1, -0.05) is 0 Å². The highest BCUT2D eigenvalue weighted by Crippen LogP contribution is 2.26. The lowest BCUT2D eigenvalue weighted by Crippen LogP contribution is -2.38. The Bertz CT molecular complexity index is 1060. The highest BCUT2D eigenvalue weighted by atomic mass is 19.1. The predicted octanol–water partition coefficient (Wildman–Crippen LogP) is 2.51. The van der Waals surface area contributed by atoms with Gasteiger partial charge in [-0.15, -0.1) is 0 Å². The molecule has 0 aliphatic carbocycles. The first-order valence-electron chi connectivity index (χ1n) is 9.36. The minimum Gasteiger partial charge on any atom is -0.335 e. The largest absolute Gasteiger partial charge is 0.335 e. The Morgan fingerprint density at radius 2 is 2.03 bits per heavy atom. The van der Waals surface area contributed by atoms with Crippen LogP contribution in [0.3, 0.4) is 0 Å². The van der Waals surface area contributed by atoms with Gasteiger partial charge in [0.2, 0.25) is 0 Å².